The second kappa shape index (κ2) is 10.6. The molecule has 0 aliphatic heterocycles. The van der Waals surface area contributed by atoms with E-state index in [0.29, 0.717) is 18.1 Å². The van der Waals surface area contributed by atoms with Gasteiger partial charge in [-0.15, -0.1) is 0 Å². The van der Waals surface area contributed by atoms with Gasteiger partial charge in [0.05, 0.1) is 12.8 Å². The molecule has 0 fully saturated rings. The van der Waals surface area contributed by atoms with Crippen LogP contribution >= 0.6 is 0 Å². The molecule has 7 heteroatoms. The van der Waals surface area contributed by atoms with E-state index in [9.17, 15) is 9.18 Å². The fourth-order valence-corrected chi connectivity index (χ4v) is 3.28. The van der Waals surface area contributed by atoms with Crippen LogP contribution in [0.15, 0.2) is 91.1 Å². The number of ether oxygens (including phenoxy) is 1. The Morgan fingerprint density at radius 3 is 2.56 bits per heavy atom. The summed E-state index contributed by atoms with van der Waals surface area (Å²) in [7, 11) is 2.98. The molecule has 0 unspecified atom stereocenters. The van der Waals surface area contributed by atoms with E-state index in [1.165, 1.54) is 25.3 Å². The maximum atomic E-state index is 13.1. The molecule has 0 saturated carbocycles. The van der Waals surface area contributed by atoms with Crippen LogP contribution in [0.4, 0.5) is 4.39 Å². The lowest BCUT2D eigenvalue weighted by Gasteiger charge is -2.10. The molecular formula is C27H24FN3O3. The number of benzene rings is 3. The first-order chi connectivity index (χ1) is 16.5. The number of para-hydroxylation sites is 1. The third-order valence-corrected chi connectivity index (χ3v) is 5.18. The molecule has 172 valence electrons. The topological polar surface area (TPSA) is 56.6 Å². The van der Waals surface area contributed by atoms with E-state index < -0.39 is 0 Å². The monoisotopic (exact) mass is 457 g/mol. The Labute approximate surface area is 197 Å². The van der Waals surface area contributed by atoms with Crippen molar-refractivity contribution in [3.05, 3.63) is 108 Å². The van der Waals surface area contributed by atoms with Gasteiger partial charge in [0.25, 0.3) is 5.91 Å². The SMILES string of the molecule is CON(C)C(=O)/C=C/c1cn(-c2ccccc2)nc1-c1cccc(OCc2ccc(F)cc2)c1. The Balaban J connectivity index is 1.64. The Morgan fingerprint density at radius 1 is 1.06 bits per heavy atom. The normalized spacial score (nSPS) is 11.0. The van der Waals surface area contributed by atoms with Crippen LogP contribution in [-0.4, -0.2) is 34.9 Å². The maximum absolute atomic E-state index is 13.1. The summed E-state index contributed by atoms with van der Waals surface area (Å²) in [5, 5.41) is 5.92. The summed E-state index contributed by atoms with van der Waals surface area (Å²) in [5.74, 6) is 0.0778. The molecule has 0 aliphatic rings. The number of aromatic nitrogens is 2. The van der Waals surface area contributed by atoms with E-state index in [1.54, 1.807) is 29.9 Å². The van der Waals surface area contributed by atoms with Crippen molar-refractivity contribution in [2.45, 2.75) is 6.61 Å². The largest absolute Gasteiger partial charge is 0.489 e. The van der Waals surface area contributed by atoms with Gasteiger partial charge in [-0.3, -0.25) is 9.63 Å². The van der Waals surface area contributed by atoms with E-state index in [0.717, 1.165) is 27.4 Å². The van der Waals surface area contributed by atoms with E-state index in [1.807, 2.05) is 60.8 Å². The molecule has 4 aromatic rings. The first-order valence-corrected chi connectivity index (χ1v) is 10.7. The average molecular weight is 458 g/mol. The van der Waals surface area contributed by atoms with Crippen LogP contribution < -0.4 is 4.74 Å². The molecule has 4 rings (SSSR count). The Morgan fingerprint density at radius 2 is 1.82 bits per heavy atom. The molecule has 0 aliphatic carbocycles. The van der Waals surface area contributed by atoms with Gasteiger partial charge in [0, 0.05) is 30.4 Å². The van der Waals surface area contributed by atoms with E-state index in [-0.39, 0.29) is 11.7 Å². The van der Waals surface area contributed by atoms with Crippen LogP contribution in [0.25, 0.3) is 23.0 Å². The number of amides is 1. The minimum Gasteiger partial charge on any atom is -0.489 e. The van der Waals surface area contributed by atoms with E-state index >= 15 is 0 Å². The number of hydrogen-bond donors (Lipinski definition) is 0. The van der Waals surface area contributed by atoms with Crippen LogP contribution in [0.5, 0.6) is 5.75 Å². The Hall–Kier alpha value is -4.23. The summed E-state index contributed by atoms with van der Waals surface area (Å²) in [5.41, 5.74) is 4.05. The third-order valence-electron chi connectivity index (χ3n) is 5.18. The zero-order chi connectivity index (χ0) is 23.9. The van der Waals surface area contributed by atoms with Crippen molar-refractivity contribution in [2.75, 3.05) is 14.2 Å². The highest BCUT2D eigenvalue weighted by atomic mass is 19.1. The lowest BCUT2D eigenvalue weighted by Crippen LogP contribution is -2.22. The van der Waals surface area contributed by atoms with Crippen molar-refractivity contribution in [3.8, 4) is 22.7 Å². The van der Waals surface area contributed by atoms with Crippen molar-refractivity contribution in [2.24, 2.45) is 0 Å². The molecule has 0 N–H and O–H groups in total. The minimum atomic E-state index is -0.294. The van der Waals surface area contributed by atoms with Crippen LogP contribution in [0.2, 0.25) is 0 Å². The highest BCUT2D eigenvalue weighted by Gasteiger charge is 2.13. The Kier molecular flexibility index (Phi) is 7.15. The van der Waals surface area contributed by atoms with Crippen molar-refractivity contribution >= 4 is 12.0 Å². The predicted molar refractivity (Wildman–Crippen MR) is 129 cm³/mol. The van der Waals surface area contributed by atoms with Gasteiger partial charge in [0.15, 0.2) is 0 Å². The predicted octanol–water partition coefficient (Wildman–Crippen LogP) is 5.29. The van der Waals surface area contributed by atoms with Crippen LogP contribution in [0.3, 0.4) is 0 Å². The molecule has 0 radical (unpaired) electrons. The maximum Gasteiger partial charge on any atom is 0.269 e. The fourth-order valence-electron chi connectivity index (χ4n) is 3.28. The molecular weight excluding hydrogens is 433 g/mol. The third kappa shape index (κ3) is 5.57. The minimum absolute atomic E-state index is 0.282. The van der Waals surface area contributed by atoms with Crippen LogP contribution in [-0.2, 0) is 16.2 Å². The Bertz CT molecular complexity index is 1280. The van der Waals surface area contributed by atoms with Gasteiger partial charge in [-0.05, 0) is 48.0 Å². The van der Waals surface area contributed by atoms with Crippen LogP contribution in [0, 0.1) is 5.82 Å². The molecule has 0 atom stereocenters. The molecule has 34 heavy (non-hydrogen) atoms. The van der Waals surface area contributed by atoms with Crippen molar-refractivity contribution in [1.29, 1.82) is 0 Å². The second-order valence-electron chi connectivity index (χ2n) is 7.51. The summed E-state index contributed by atoms with van der Waals surface area (Å²) in [4.78, 5) is 17.2. The summed E-state index contributed by atoms with van der Waals surface area (Å²) in [6, 6.07) is 23.5. The number of nitrogens with zero attached hydrogens (tertiary/aromatic N) is 3. The van der Waals surface area contributed by atoms with Gasteiger partial charge in [0.1, 0.15) is 23.9 Å². The molecule has 0 bridgehead atoms. The highest BCUT2D eigenvalue weighted by Crippen LogP contribution is 2.28. The first kappa shape index (κ1) is 22.9. The number of carbonyl (C=O) groups is 1. The van der Waals surface area contributed by atoms with E-state index in [4.69, 9.17) is 14.7 Å². The zero-order valence-corrected chi connectivity index (χ0v) is 18.9. The summed E-state index contributed by atoms with van der Waals surface area (Å²) in [6.07, 6.45) is 5.02. The number of likely N-dealkylation sites (N-methyl/N-ethyl adjacent to an activating group) is 1. The van der Waals surface area contributed by atoms with Gasteiger partial charge >= 0.3 is 0 Å². The molecule has 1 aromatic heterocycles. The van der Waals surface area contributed by atoms with Gasteiger partial charge in [-0.25, -0.2) is 14.1 Å². The quantitative estimate of drug-likeness (QED) is 0.267. The van der Waals surface area contributed by atoms with Crippen molar-refractivity contribution in [3.63, 3.8) is 0 Å². The second-order valence-corrected chi connectivity index (χ2v) is 7.51. The molecule has 0 saturated heterocycles. The van der Waals surface area contributed by atoms with Gasteiger partial charge in [-0.2, -0.15) is 5.10 Å². The summed E-state index contributed by atoms with van der Waals surface area (Å²) >= 11 is 0. The molecule has 1 amide bonds. The number of hydroxylamine groups is 2. The molecule has 0 spiro atoms. The summed E-state index contributed by atoms with van der Waals surface area (Å²) in [6.45, 7) is 0.312. The van der Waals surface area contributed by atoms with E-state index in [2.05, 4.69) is 0 Å². The van der Waals surface area contributed by atoms with Gasteiger partial charge < -0.3 is 4.74 Å². The average Bonchev–Trinajstić information content (AvgIpc) is 3.31. The first-order valence-electron chi connectivity index (χ1n) is 10.7. The number of carbonyl (C=O) groups excluding carboxylic acids is 1. The van der Waals surface area contributed by atoms with Gasteiger partial charge in [0.2, 0.25) is 0 Å². The molecule has 6 nitrogen and oxygen atoms in total. The molecule has 1 heterocycles. The summed E-state index contributed by atoms with van der Waals surface area (Å²) < 4.78 is 20.8. The number of halogens is 1. The molecule has 3 aromatic carbocycles. The number of hydrogen-bond acceptors (Lipinski definition) is 4. The fraction of sp³-hybridized carbons (Fsp3) is 0.111. The van der Waals surface area contributed by atoms with Gasteiger partial charge in [-0.1, -0.05) is 42.5 Å². The number of rotatable bonds is 8. The zero-order valence-electron chi connectivity index (χ0n) is 18.9. The smallest absolute Gasteiger partial charge is 0.269 e. The van der Waals surface area contributed by atoms with Crippen LogP contribution in [0.1, 0.15) is 11.1 Å². The standard InChI is InChI=1S/C27H24FN3O3/c1-30(33-2)26(32)16-13-22-18-31(24-8-4-3-5-9-24)29-27(22)21-7-6-10-25(17-21)34-19-20-11-14-23(28)15-12-20/h3-18H,19H2,1-2H3/b16-13+. The van der Waals surface area contributed by atoms with Crippen molar-refractivity contribution < 1.29 is 18.8 Å². The lowest BCUT2D eigenvalue weighted by atomic mass is 10.1. The highest BCUT2D eigenvalue weighted by molar-refractivity contribution is 5.92. The lowest BCUT2D eigenvalue weighted by molar-refractivity contribution is -0.162. The van der Waals surface area contributed by atoms with Crippen molar-refractivity contribution in [1.82, 2.24) is 14.8 Å².